The van der Waals surface area contributed by atoms with E-state index in [1.807, 2.05) is 13.8 Å². The fourth-order valence-electron chi connectivity index (χ4n) is 2.31. The van der Waals surface area contributed by atoms with Crippen LogP contribution in [0, 0.1) is 6.92 Å². The smallest absolute Gasteiger partial charge is 0.245 e. The van der Waals surface area contributed by atoms with Crippen molar-refractivity contribution in [3.05, 3.63) is 53.1 Å². The summed E-state index contributed by atoms with van der Waals surface area (Å²) in [5.41, 5.74) is 1.63. The molecule has 6 nitrogen and oxygen atoms in total. The molecule has 0 fully saturated rings. The van der Waals surface area contributed by atoms with Gasteiger partial charge in [0.05, 0.1) is 24.2 Å². The molecule has 26 heavy (non-hydrogen) atoms. The van der Waals surface area contributed by atoms with Crippen LogP contribution in [0.2, 0.25) is 5.02 Å². The third-order valence-corrected chi connectivity index (χ3v) is 5.14. The lowest BCUT2D eigenvalue weighted by atomic mass is 10.2. The number of amides is 1. The number of benzene rings is 2. The molecule has 0 unspecified atom stereocenters. The molecule has 1 N–H and O–H groups in total. The molecule has 0 saturated carbocycles. The SMILES string of the molecule is CCOc1ccccc1NC(=O)CN(c1ccc(C)c(Cl)c1)S(C)(=O)=O. The average Bonchev–Trinajstić information content (AvgIpc) is 2.56. The van der Waals surface area contributed by atoms with Crippen molar-refractivity contribution in [2.24, 2.45) is 0 Å². The van der Waals surface area contributed by atoms with Gasteiger partial charge in [0.25, 0.3) is 0 Å². The fraction of sp³-hybridized carbons (Fsp3) is 0.278. The minimum atomic E-state index is -3.67. The Morgan fingerprint density at radius 2 is 1.92 bits per heavy atom. The first kappa shape index (κ1) is 20.1. The summed E-state index contributed by atoms with van der Waals surface area (Å²) in [6.07, 6.45) is 1.04. The van der Waals surface area contributed by atoms with Crippen LogP contribution in [0.5, 0.6) is 5.75 Å². The summed E-state index contributed by atoms with van der Waals surface area (Å²) in [5.74, 6) is 0.0342. The van der Waals surface area contributed by atoms with Gasteiger partial charge in [-0.2, -0.15) is 0 Å². The maximum Gasteiger partial charge on any atom is 0.245 e. The number of ether oxygens (including phenoxy) is 1. The summed E-state index contributed by atoms with van der Waals surface area (Å²) >= 11 is 6.09. The molecule has 0 spiro atoms. The van der Waals surface area contributed by atoms with Crippen LogP contribution in [0.25, 0.3) is 0 Å². The van der Waals surface area contributed by atoms with E-state index < -0.39 is 15.9 Å². The molecule has 0 aromatic heterocycles. The Kier molecular flexibility index (Phi) is 6.50. The number of anilines is 2. The van der Waals surface area contributed by atoms with E-state index in [9.17, 15) is 13.2 Å². The Labute approximate surface area is 158 Å². The Morgan fingerprint density at radius 3 is 2.54 bits per heavy atom. The van der Waals surface area contributed by atoms with E-state index in [0.717, 1.165) is 16.1 Å². The Morgan fingerprint density at radius 1 is 1.23 bits per heavy atom. The van der Waals surface area contributed by atoms with Crippen LogP contribution >= 0.6 is 11.6 Å². The highest BCUT2D eigenvalue weighted by Crippen LogP contribution is 2.26. The number of carbonyl (C=O) groups is 1. The van der Waals surface area contributed by atoms with Gasteiger partial charge in [0.1, 0.15) is 12.3 Å². The summed E-state index contributed by atoms with van der Waals surface area (Å²) in [6, 6.07) is 11.8. The maximum atomic E-state index is 12.4. The standard InChI is InChI=1S/C18H21ClN2O4S/c1-4-25-17-8-6-5-7-16(17)20-18(22)12-21(26(3,23)24)14-10-9-13(2)15(19)11-14/h5-11H,4,12H2,1-3H3,(H,20,22). The quantitative estimate of drug-likeness (QED) is 0.777. The number of nitrogens with zero attached hydrogens (tertiary/aromatic N) is 1. The molecule has 0 bridgehead atoms. The van der Waals surface area contributed by atoms with Gasteiger partial charge in [0.15, 0.2) is 0 Å². The Hall–Kier alpha value is -2.25. The van der Waals surface area contributed by atoms with E-state index >= 15 is 0 Å². The number of halogens is 1. The lowest BCUT2D eigenvalue weighted by Gasteiger charge is -2.22. The number of sulfonamides is 1. The van der Waals surface area contributed by atoms with E-state index in [1.165, 1.54) is 6.07 Å². The number of hydrogen-bond acceptors (Lipinski definition) is 4. The minimum absolute atomic E-state index is 0.330. The molecule has 0 aliphatic carbocycles. The second-order valence-corrected chi connectivity index (χ2v) is 7.99. The molecular weight excluding hydrogens is 376 g/mol. The van der Waals surface area contributed by atoms with E-state index in [2.05, 4.69) is 5.32 Å². The van der Waals surface area contributed by atoms with Crippen molar-refractivity contribution in [3.8, 4) is 5.75 Å². The first-order valence-corrected chi connectivity index (χ1v) is 10.2. The number of carbonyl (C=O) groups excluding carboxylic acids is 1. The minimum Gasteiger partial charge on any atom is -0.492 e. The summed E-state index contributed by atoms with van der Waals surface area (Å²) in [6.45, 7) is 3.72. The highest BCUT2D eigenvalue weighted by molar-refractivity contribution is 7.92. The van der Waals surface area contributed by atoms with Crippen molar-refractivity contribution in [1.29, 1.82) is 0 Å². The van der Waals surface area contributed by atoms with Crippen molar-refractivity contribution in [2.45, 2.75) is 13.8 Å². The van der Waals surface area contributed by atoms with Crippen molar-refractivity contribution in [1.82, 2.24) is 0 Å². The second-order valence-electron chi connectivity index (χ2n) is 5.68. The monoisotopic (exact) mass is 396 g/mol. The van der Waals surface area contributed by atoms with Gasteiger partial charge in [0, 0.05) is 5.02 Å². The number of nitrogens with one attached hydrogen (secondary N) is 1. The third kappa shape index (κ3) is 5.12. The van der Waals surface area contributed by atoms with Crippen molar-refractivity contribution in [2.75, 3.05) is 29.0 Å². The first-order valence-electron chi connectivity index (χ1n) is 7.98. The molecule has 0 heterocycles. The van der Waals surface area contributed by atoms with E-state index in [-0.39, 0.29) is 6.54 Å². The predicted octanol–water partition coefficient (Wildman–Crippen LogP) is 3.45. The average molecular weight is 397 g/mol. The molecule has 1 amide bonds. The third-order valence-electron chi connectivity index (χ3n) is 3.59. The van der Waals surface area contributed by atoms with Gasteiger partial charge in [-0.15, -0.1) is 0 Å². The summed E-state index contributed by atoms with van der Waals surface area (Å²) < 4.78 is 30.8. The summed E-state index contributed by atoms with van der Waals surface area (Å²) in [7, 11) is -3.67. The van der Waals surface area contributed by atoms with Crippen molar-refractivity contribution >= 4 is 38.9 Å². The number of para-hydroxylation sites is 2. The molecule has 2 aromatic carbocycles. The van der Waals surface area contributed by atoms with Crippen LogP contribution in [0.1, 0.15) is 12.5 Å². The predicted molar refractivity (Wildman–Crippen MR) is 105 cm³/mol. The maximum absolute atomic E-state index is 12.4. The van der Waals surface area contributed by atoms with Crippen LogP contribution in [-0.2, 0) is 14.8 Å². The van der Waals surface area contributed by atoms with Gasteiger partial charge in [0.2, 0.25) is 15.9 Å². The molecule has 0 aliphatic rings. The van der Waals surface area contributed by atoms with Gasteiger partial charge in [-0.1, -0.05) is 29.8 Å². The van der Waals surface area contributed by atoms with E-state index in [1.54, 1.807) is 36.4 Å². The van der Waals surface area contributed by atoms with Crippen LogP contribution in [-0.4, -0.2) is 33.7 Å². The van der Waals surface area contributed by atoms with Crippen LogP contribution in [0.3, 0.4) is 0 Å². The largest absolute Gasteiger partial charge is 0.492 e. The molecule has 0 saturated heterocycles. The lowest BCUT2D eigenvalue weighted by molar-refractivity contribution is -0.114. The highest BCUT2D eigenvalue weighted by Gasteiger charge is 2.22. The zero-order valence-corrected chi connectivity index (χ0v) is 16.4. The summed E-state index contributed by atoms with van der Waals surface area (Å²) in [5, 5.41) is 3.12. The second kappa shape index (κ2) is 8.42. The molecular formula is C18H21ClN2O4S. The molecule has 0 atom stereocenters. The Bertz CT molecular complexity index is 900. The van der Waals surface area contributed by atoms with E-state index in [4.69, 9.17) is 16.3 Å². The van der Waals surface area contributed by atoms with Gasteiger partial charge in [-0.05, 0) is 43.7 Å². The fourth-order valence-corrected chi connectivity index (χ4v) is 3.33. The normalized spacial score (nSPS) is 11.1. The number of hydrogen-bond donors (Lipinski definition) is 1. The molecule has 2 aromatic rings. The van der Waals surface area contributed by atoms with Crippen LogP contribution < -0.4 is 14.4 Å². The zero-order valence-electron chi connectivity index (χ0n) is 14.8. The van der Waals surface area contributed by atoms with Crippen LogP contribution in [0.4, 0.5) is 11.4 Å². The van der Waals surface area contributed by atoms with Gasteiger partial charge >= 0.3 is 0 Å². The topological polar surface area (TPSA) is 75.7 Å². The molecule has 140 valence electrons. The zero-order chi connectivity index (χ0) is 19.3. The molecule has 0 radical (unpaired) electrons. The Balaban J connectivity index is 2.24. The first-order chi connectivity index (χ1) is 12.2. The lowest BCUT2D eigenvalue weighted by Crippen LogP contribution is -2.37. The molecule has 8 heteroatoms. The van der Waals surface area contributed by atoms with Gasteiger partial charge in [-0.25, -0.2) is 8.42 Å². The van der Waals surface area contributed by atoms with Crippen molar-refractivity contribution < 1.29 is 17.9 Å². The molecule has 0 aliphatic heterocycles. The van der Waals surface area contributed by atoms with Gasteiger partial charge < -0.3 is 10.1 Å². The molecule has 2 rings (SSSR count). The highest BCUT2D eigenvalue weighted by atomic mass is 35.5. The number of aryl methyl sites for hydroxylation is 1. The van der Waals surface area contributed by atoms with Gasteiger partial charge in [-0.3, -0.25) is 9.10 Å². The number of rotatable bonds is 7. The van der Waals surface area contributed by atoms with Crippen molar-refractivity contribution in [3.63, 3.8) is 0 Å². The van der Waals surface area contributed by atoms with E-state index in [0.29, 0.717) is 28.8 Å². The van der Waals surface area contributed by atoms with Crippen LogP contribution in [0.15, 0.2) is 42.5 Å². The summed E-state index contributed by atoms with van der Waals surface area (Å²) in [4.78, 5) is 12.4.